The van der Waals surface area contributed by atoms with E-state index in [1.54, 1.807) is 24.3 Å². The third-order valence-corrected chi connectivity index (χ3v) is 5.53. The maximum atomic E-state index is 12.7. The zero-order valence-electron chi connectivity index (χ0n) is 17.9. The van der Waals surface area contributed by atoms with Gasteiger partial charge in [0.1, 0.15) is 5.75 Å². The third kappa shape index (κ3) is 5.46. The Hall–Kier alpha value is -3.80. The van der Waals surface area contributed by atoms with Crippen LogP contribution >= 0.6 is 0 Å². The van der Waals surface area contributed by atoms with Crippen LogP contribution in [0.2, 0.25) is 0 Å². The SMILES string of the molecule is O=C(NCc1ccccc1)c1ccccc1OCC(=O)N1CCN(c2ccccc2)CC1. The monoisotopic (exact) mass is 429 g/mol. The molecule has 1 saturated heterocycles. The number of benzene rings is 3. The highest BCUT2D eigenvalue weighted by atomic mass is 16.5. The Morgan fingerprint density at radius 2 is 1.41 bits per heavy atom. The first kappa shape index (κ1) is 21.4. The second kappa shape index (κ2) is 10.5. The number of amides is 2. The lowest BCUT2D eigenvalue weighted by Gasteiger charge is -2.36. The minimum Gasteiger partial charge on any atom is -0.483 e. The van der Waals surface area contributed by atoms with Gasteiger partial charge in [-0.1, -0.05) is 60.7 Å². The minimum absolute atomic E-state index is 0.0720. The van der Waals surface area contributed by atoms with Gasteiger partial charge in [0.25, 0.3) is 11.8 Å². The Bertz CT molecular complexity index is 1030. The Morgan fingerprint density at radius 3 is 2.12 bits per heavy atom. The summed E-state index contributed by atoms with van der Waals surface area (Å²) in [6, 6.07) is 26.9. The Morgan fingerprint density at radius 1 is 0.781 bits per heavy atom. The van der Waals surface area contributed by atoms with Crippen molar-refractivity contribution in [1.82, 2.24) is 10.2 Å². The van der Waals surface area contributed by atoms with Crippen LogP contribution in [0, 0.1) is 0 Å². The largest absolute Gasteiger partial charge is 0.483 e. The standard InChI is InChI=1S/C26H27N3O3/c30-25(29-17-15-28(16-18-29)22-11-5-2-6-12-22)20-32-24-14-8-7-13-23(24)26(31)27-19-21-9-3-1-4-10-21/h1-14H,15-20H2,(H,27,31). The third-order valence-electron chi connectivity index (χ3n) is 5.53. The topological polar surface area (TPSA) is 61.9 Å². The van der Waals surface area contributed by atoms with Crippen molar-refractivity contribution < 1.29 is 14.3 Å². The van der Waals surface area contributed by atoms with E-state index < -0.39 is 0 Å². The number of ether oxygens (including phenoxy) is 1. The summed E-state index contributed by atoms with van der Waals surface area (Å²) in [7, 11) is 0. The Labute approximate surface area is 188 Å². The summed E-state index contributed by atoms with van der Waals surface area (Å²) in [5.41, 5.74) is 2.61. The summed E-state index contributed by atoms with van der Waals surface area (Å²) in [5.74, 6) is 0.111. The molecule has 6 heteroatoms. The van der Waals surface area contributed by atoms with Crippen molar-refractivity contribution in [1.29, 1.82) is 0 Å². The van der Waals surface area contributed by atoms with Gasteiger partial charge in [0.15, 0.2) is 6.61 Å². The first-order valence-electron chi connectivity index (χ1n) is 10.8. The minimum atomic E-state index is -0.228. The smallest absolute Gasteiger partial charge is 0.260 e. The van der Waals surface area contributed by atoms with Crippen molar-refractivity contribution in [2.24, 2.45) is 0 Å². The molecule has 0 bridgehead atoms. The molecule has 0 atom stereocenters. The van der Waals surface area contributed by atoms with Crippen molar-refractivity contribution in [2.45, 2.75) is 6.54 Å². The molecule has 0 aliphatic carbocycles. The van der Waals surface area contributed by atoms with Crippen LogP contribution in [0.5, 0.6) is 5.75 Å². The van der Waals surface area contributed by atoms with Gasteiger partial charge in [-0.25, -0.2) is 0 Å². The van der Waals surface area contributed by atoms with Crippen molar-refractivity contribution in [2.75, 3.05) is 37.7 Å². The molecule has 0 radical (unpaired) electrons. The highest BCUT2D eigenvalue weighted by Gasteiger charge is 2.22. The van der Waals surface area contributed by atoms with Crippen LogP contribution < -0.4 is 15.0 Å². The van der Waals surface area contributed by atoms with E-state index in [9.17, 15) is 9.59 Å². The summed E-state index contributed by atoms with van der Waals surface area (Å²) in [6.45, 7) is 3.21. The summed E-state index contributed by atoms with van der Waals surface area (Å²) in [6.07, 6.45) is 0. The molecule has 1 aliphatic rings. The van der Waals surface area contributed by atoms with Crippen LogP contribution in [0.1, 0.15) is 15.9 Å². The van der Waals surface area contributed by atoms with Crippen molar-refractivity contribution >= 4 is 17.5 Å². The Balaban J connectivity index is 1.29. The van der Waals surface area contributed by atoms with E-state index in [4.69, 9.17) is 4.74 Å². The van der Waals surface area contributed by atoms with Gasteiger partial charge < -0.3 is 19.9 Å². The molecule has 3 aromatic rings. The van der Waals surface area contributed by atoms with Crippen LogP contribution in [0.25, 0.3) is 0 Å². The molecule has 32 heavy (non-hydrogen) atoms. The average molecular weight is 430 g/mol. The lowest BCUT2D eigenvalue weighted by Crippen LogP contribution is -2.50. The lowest BCUT2D eigenvalue weighted by atomic mass is 10.1. The van der Waals surface area contributed by atoms with E-state index in [0.717, 1.165) is 18.7 Å². The molecule has 0 spiro atoms. The highest BCUT2D eigenvalue weighted by molar-refractivity contribution is 5.97. The van der Waals surface area contributed by atoms with Gasteiger partial charge in [-0.2, -0.15) is 0 Å². The fourth-order valence-corrected chi connectivity index (χ4v) is 3.74. The maximum absolute atomic E-state index is 12.7. The van der Waals surface area contributed by atoms with E-state index in [1.165, 1.54) is 5.69 Å². The Kier molecular flexibility index (Phi) is 7.02. The number of hydrogen-bond donors (Lipinski definition) is 1. The first-order valence-corrected chi connectivity index (χ1v) is 10.8. The second-order valence-corrected chi connectivity index (χ2v) is 7.66. The number of anilines is 1. The van der Waals surface area contributed by atoms with Crippen LogP contribution in [0.15, 0.2) is 84.9 Å². The average Bonchev–Trinajstić information content (AvgIpc) is 2.87. The quantitative estimate of drug-likeness (QED) is 0.626. The van der Waals surface area contributed by atoms with Gasteiger partial charge in [-0.15, -0.1) is 0 Å². The normalized spacial score (nSPS) is 13.5. The summed E-state index contributed by atoms with van der Waals surface area (Å²) in [5, 5.41) is 2.91. The zero-order chi connectivity index (χ0) is 22.2. The maximum Gasteiger partial charge on any atom is 0.260 e. The van der Waals surface area contributed by atoms with Crippen molar-refractivity contribution in [3.8, 4) is 5.75 Å². The molecule has 1 heterocycles. The van der Waals surface area contributed by atoms with Gasteiger partial charge in [-0.3, -0.25) is 9.59 Å². The van der Waals surface area contributed by atoms with Crippen LogP contribution in [0.3, 0.4) is 0 Å². The van der Waals surface area contributed by atoms with E-state index >= 15 is 0 Å². The predicted octanol–water partition coefficient (Wildman–Crippen LogP) is 3.34. The molecule has 0 unspecified atom stereocenters. The molecule has 1 fully saturated rings. The van der Waals surface area contributed by atoms with E-state index in [2.05, 4.69) is 22.3 Å². The van der Waals surface area contributed by atoms with Crippen molar-refractivity contribution in [3.05, 3.63) is 96.1 Å². The second-order valence-electron chi connectivity index (χ2n) is 7.66. The molecule has 0 saturated carbocycles. The van der Waals surface area contributed by atoms with Crippen LogP contribution in [-0.2, 0) is 11.3 Å². The van der Waals surface area contributed by atoms with Crippen molar-refractivity contribution in [3.63, 3.8) is 0 Å². The van der Waals surface area contributed by atoms with Gasteiger partial charge in [0, 0.05) is 38.4 Å². The molecule has 6 nitrogen and oxygen atoms in total. The van der Waals surface area contributed by atoms with E-state index in [1.807, 2.05) is 53.4 Å². The fraction of sp³-hybridized carbons (Fsp3) is 0.231. The molecular weight excluding hydrogens is 402 g/mol. The van der Waals surface area contributed by atoms with E-state index in [-0.39, 0.29) is 18.4 Å². The summed E-state index contributed by atoms with van der Waals surface area (Å²) < 4.78 is 5.77. The zero-order valence-corrected chi connectivity index (χ0v) is 17.9. The highest BCUT2D eigenvalue weighted by Crippen LogP contribution is 2.19. The number of hydrogen-bond acceptors (Lipinski definition) is 4. The van der Waals surface area contributed by atoms with Gasteiger partial charge in [-0.05, 0) is 29.8 Å². The van der Waals surface area contributed by atoms with Gasteiger partial charge in [0.2, 0.25) is 0 Å². The lowest BCUT2D eigenvalue weighted by molar-refractivity contribution is -0.133. The molecule has 164 valence electrons. The van der Waals surface area contributed by atoms with Crippen LogP contribution in [-0.4, -0.2) is 49.5 Å². The molecule has 4 rings (SSSR count). The molecule has 3 aromatic carbocycles. The number of piperazine rings is 1. The summed E-state index contributed by atoms with van der Waals surface area (Å²) >= 11 is 0. The van der Waals surface area contributed by atoms with Crippen LogP contribution in [0.4, 0.5) is 5.69 Å². The fourth-order valence-electron chi connectivity index (χ4n) is 3.74. The molecule has 0 aromatic heterocycles. The first-order chi connectivity index (χ1) is 15.7. The number of para-hydroxylation sites is 2. The summed E-state index contributed by atoms with van der Waals surface area (Å²) in [4.78, 5) is 29.4. The van der Waals surface area contributed by atoms with Gasteiger partial charge >= 0.3 is 0 Å². The number of carbonyl (C=O) groups is 2. The number of nitrogens with zero attached hydrogens (tertiary/aromatic N) is 2. The predicted molar refractivity (Wildman–Crippen MR) is 125 cm³/mol. The van der Waals surface area contributed by atoms with E-state index in [0.29, 0.717) is 30.9 Å². The van der Waals surface area contributed by atoms with Gasteiger partial charge in [0.05, 0.1) is 5.56 Å². The number of carbonyl (C=O) groups excluding carboxylic acids is 2. The molecular formula is C26H27N3O3. The number of nitrogens with one attached hydrogen (secondary N) is 1. The molecule has 1 aliphatic heterocycles. The molecule has 1 N–H and O–H groups in total. The number of rotatable bonds is 7. The molecule has 2 amide bonds.